The maximum Gasteiger partial charge on any atom is 0.0647 e. The van der Waals surface area contributed by atoms with Crippen LogP contribution in [0.5, 0.6) is 0 Å². The van der Waals surface area contributed by atoms with Gasteiger partial charge in [0.15, 0.2) is 0 Å². The summed E-state index contributed by atoms with van der Waals surface area (Å²) in [6.45, 7) is 4.14. The van der Waals surface area contributed by atoms with Gasteiger partial charge in [-0.25, -0.2) is 0 Å². The molecule has 0 amide bonds. The van der Waals surface area contributed by atoms with Crippen LogP contribution in [0.1, 0.15) is 28.6 Å². The highest BCUT2D eigenvalue weighted by Crippen LogP contribution is 2.27. The van der Waals surface area contributed by atoms with Crippen LogP contribution in [-0.4, -0.2) is 16.8 Å². The van der Waals surface area contributed by atoms with Gasteiger partial charge in [0, 0.05) is 23.3 Å². The molecular formula is C14H18ClN3. The van der Waals surface area contributed by atoms with Gasteiger partial charge < -0.3 is 5.32 Å². The first-order chi connectivity index (χ1) is 8.54. The second-order valence-electron chi connectivity index (χ2n) is 4.48. The van der Waals surface area contributed by atoms with Crippen LogP contribution >= 0.6 is 11.6 Å². The second kappa shape index (κ2) is 5.12. The predicted molar refractivity (Wildman–Crippen MR) is 75.0 cm³/mol. The number of halogens is 1. The Balaban J connectivity index is 2.48. The van der Waals surface area contributed by atoms with Gasteiger partial charge in [0.2, 0.25) is 0 Å². The van der Waals surface area contributed by atoms with Gasteiger partial charge in [0.25, 0.3) is 0 Å². The molecule has 0 bridgehead atoms. The number of nitrogens with one attached hydrogen (secondary N) is 1. The number of hydrogen-bond acceptors (Lipinski definition) is 2. The highest BCUT2D eigenvalue weighted by Gasteiger charge is 2.20. The molecule has 1 heterocycles. The Morgan fingerprint density at radius 3 is 2.28 bits per heavy atom. The van der Waals surface area contributed by atoms with Crippen LogP contribution in [0, 0.1) is 13.8 Å². The SMILES string of the molecule is CNC(c1ccc(Cl)cc1)c1c(C)nn(C)c1C. The monoisotopic (exact) mass is 263 g/mol. The molecule has 1 atom stereocenters. The molecule has 1 aromatic carbocycles. The van der Waals surface area contributed by atoms with Gasteiger partial charge in [-0.15, -0.1) is 0 Å². The lowest BCUT2D eigenvalue weighted by Crippen LogP contribution is -2.19. The second-order valence-corrected chi connectivity index (χ2v) is 4.92. The minimum Gasteiger partial charge on any atom is -0.309 e. The van der Waals surface area contributed by atoms with Crippen LogP contribution in [0.4, 0.5) is 0 Å². The maximum atomic E-state index is 5.94. The van der Waals surface area contributed by atoms with E-state index in [0.29, 0.717) is 0 Å². The summed E-state index contributed by atoms with van der Waals surface area (Å²) in [5.74, 6) is 0. The van der Waals surface area contributed by atoms with Crippen molar-refractivity contribution in [2.24, 2.45) is 7.05 Å². The van der Waals surface area contributed by atoms with Crippen LogP contribution in [0.15, 0.2) is 24.3 Å². The fourth-order valence-electron chi connectivity index (χ4n) is 2.34. The van der Waals surface area contributed by atoms with Crippen LogP contribution in [0.3, 0.4) is 0 Å². The van der Waals surface area contributed by atoms with Crippen molar-refractivity contribution in [3.8, 4) is 0 Å². The Hall–Kier alpha value is -1.32. The number of aromatic nitrogens is 2. The lowest BCUT2D eigenvalue weighted by molar-refractivity contribution is 0.678. The van der Waals surface area contributed by atoms with E-state index in [9.17, 15) is 0 Å². The van der Waals surface area contributed by atoms with E-state index >= 15 is 0 Å². The first-order valence-electron chi connectivity index (χ1n) is 5.97. The molecule has 18 heavy (non-hydrogen) atoms. The Morgan fingerprint density at radius 2 is 1.83 bits per heavy atom. The van der Waals surface area contributed by atoms with Gasteiger partial charge in [0.05, 0.1) is 11.7 Å². The van der Waals surface area contributed by atoms with Crippen molar-refractivity contribution in [2.75, 3.05) is 7.05 Å². The van der Waals surface area contributed by atoms with E-state index in [1.165, 1.54) is 16.8 Å². The summed E-state index contributed by atoms with van der Waals surface area (Å²) in [4.78, 5) is 0. The third kappa shape index (κ3) is 2.28. The van der Waals surface area contributed by atoms with E-state index in [4.69, 9.17) is 11.6 Å². The normalized spacial score (nSPS) is 12.7. The zero-order chi connectivity index (χ0) is 13.3. The molecule has 0 saturated heterocycles. The van der Waals surface area contributed by atoms with Gasteiger partial charge in [-0.2, -0.15) is 5.10 Å². The Bertz CT molecular complexity index is 543. The molecule has 0 aliphatic carbocycles. The number of hydrogen-bond donors (Lipinski definition) is 1. The van der Waals surface area contributed by atoms with Gasteiger partial charge in [-0.1, -0.05) is 23.7 Å². The highest BCUT2D eigenvalue weighted by atomic mass is 35.5. The Kier molecular flexibility index (Phi) is 3.73. The molecule has 0 fully saturated rings. The van der Waals surface area contributed by atoms with Gasteiger partial charge in [-0.3, -0.25) is 4.68 Å². The molecule has 4 heteroatoms. The molecule has 0 aliphatic heterocycles. The Morgan fingerprint density at radius 1 is 1.22 bits per heavy atom. The summed E-state index contributed by atoms with van der Waals surface area (Å²) in [6.07, 6.45) is 0. The summed E-state index contributed by atoms with van der Waals surface area (Å²) < 4.78 is 1.92. The zero-order valence-electron chi connectivity index (χ0n) is 11.2. The zero-order valence-corrected chi connectivity index (χ0v) is 11.9. The molecule has 0 saturated carbocycles. The molecule has 96 valence electrons. The first kappa shape index (κ1) is 13.1. The van der Waals surface area contributed by atoms with Crippen LogP contribution < -0.4 is 5.32 Å². The fourth-order valence-corrected chi connectivity index (χ4v) is 2.47. The van der Waals surface area contributed by atoms with Crippen molar-refractivity contribution in [3.63, 3.8) is 0 Å². The molecular weight excluding hydrogens is 246 g/mol. The van der Waals surface area contributed by atoms with E-state index in [2.05, 4.69) is 29.5 Å². The molecule has 3 nitrogen and oxygen atoms in total. The summed E-state index contributed by atoms with van der Waals surface area (Å²) >= 11 is 5.94. The summed E-state index contributed by atoms with van der Waals surface area (Å²) in [5, 5.41) is 8.58. The highest BCUT2D eigenvalue weighted by molar-refractivity contribution is 6.30. The number of benzene rings is 1. The van der Waals surface area contributed by atoms with E-state index in [1.807, 2.05) is 37.8 Å². The molecule has 0 spiro atoms. The van der Waals surface area contributed by atoms with Crippen LogP contribution in [0.2, 0.25) is 5.02 Å². The minimum absolute atomic E-state index is 0.149. The van der Waals surface area contributed by atoms with Crippen molar-refractivity contribution in [2.45, 2.75) is 19.9 Å². The predicted octanol–water partition coefficient (Wildman–Crippen LogP) is 3.00. The van der Waals surface area contributed by atoms with E-state index in [-0.39, 0.29) is 6.04 Å². The summed E-state index contributed by atoms with van der Waals surface area (Å²) in [5.41, 5.74) is 4.68. The Labute approximate surface area is 113 Å². The largest absolute Gasteiger partial charge is 0.309 e. The van der Waals surface area contributed by atoms with Gasteiger partial charge in [-0.05, 0) is 38.6 Å². The fraction of sp³-hybridized carbons (Fsp3) is 0.357. The van der Waals surface area contributed by atoms with Crippen molar-refractivity contribution in [3.05, 3.63) is 51.8 Å². The molecule has 0 radical (unpaired) electrons. The third-order valence-corrected chi connectivity index (χ3v) is 3.60. The molecule has 0 aliphatic rings. The molecule has 1 N–H and O–H groups in total. The third-order valence-electron chi connectivity index (χ3n) is 3.35. The lowest BCUT2D eigenvalue weighted by Gasteiger charge is -2.17. The number of aryl methyl sites for hydroxylation is 2. The lowest BCUT2D eigenvalue weighted by atomic mass is 9.97. The van der Waals surface area contributed by atoms with Crippen molar-refractivity contribution in [1.82, 2.24) is 15.1 Å². The number of nitrogens with zero attached hydrogens (tertiary/aromatic N) is 2. The van der Waals surface area contributed by atoms with E-state index in [0.717, 1.165) is 10.7 Å². The van der Waals surface area contributed by atoms with Crippen molar-refractivity contribution in [1.29, 1.82) is 0 Å². The molecule has 1 aromatic heterocycles. The first-order valence-corrected chi connectivity index (χ1v) is 6.35. The average molecular weight is 264 g/mol. The quantitative estimate of drug-likeness (QED) is 0.923. The summed E-state index contributed by atoms with van der Waals surface area (Å²) in [7, 11) is 3.94. The maximum absolute atomic E-state index is 5.94. The van der Waals surface area contributed by atoms with E-state index in [1.54, 1.807) is 0 Å². The van der Waals surface area contributed by atoms with Crippen molar-refractivity contribution >= 4 is 11.6 Å². The standard InChI is InChI=1S/C14H18ClN3/c1-9-13(10(2)18(4)17-9)14(16-3)11-5-7-12(15)8-6-11/h5-8,14,16H,1-4H3. The number of rotatable bonds is 3. The topological polar surface area (TPSA) is 29.9 Å². The minimum atomic E-state index is 0.149. The van der Waals surface area contributed by atoms with Crippen LogP contribution in [0.25, 0.3) is 0 Å². The van der Waals surface area contributed by atoms with Crippen LogP contribution in [-0.2, 0) is 7.05 Å². The van der Waals surface area contributed by atoms with E-state index < -0.39 is 0 Å². The molecule has 2 aromatic rings. The smallest absolute Gasteiger partial charge is 0.0647 e. The molecule has 2 rings (SSSR count). The molecule has 1 unspecified atom stereocenters. The van der Waals surface area contributed by atoms with Crippen molar-refractivity contribution < 1.29 is 0 Å². The average Bonchev–Trinajstić information content (AvgIpc) is 2.59. The van der Waals surface area contributed by atoms with Gasteiger partial charge in [0.1, 0.15) is 0 Å². The summed E-state index contributed by atoms with van der Waals surface area (Å²) in [6, 6.07) is 8.09. The van der Waals surface area contributed by atoms with Gasteiger partial charge >= 0.3 is 0 Å².